The van der Waals surface area contributed by atoms with Gasteiger partial charge in [-0.25, -0.2) is 4.79 Å². The largest absolute Gasteiger partial charge is 0.475 e. The molecule has 9 nitrogen and oxygen atoms in total. The van der Waals surface area contributed by atoms with Gasteiger partial charge in [0.05, 0.1) is 10.5 Å². The predicted octanol–water partition coefficient (Wildman–Crippen LogP) is 3.49. The molecule has 0 aliphatic rings. The second-order valence-corrected chi connectivity index (χ2v) is 6.97. The summed E-state index contributed by atoms with van der Waals surface area (Å²) in [5.41, 5.74) is -2.39. The number of nitro benzene ring substituents is 1. The van der Waals surface area contributed by atoms with Crippen LogP contribution in [0.15, 0.2) is 47.9 Å². The van der Waals surface area contributed by atoms with Crippen LogP contribution in [0.3, 0.4) is 0 Å². The Morgan fingerprint density at radius 1 is 1.23 bits per heavy atom. The van der Waals surface area contributed by atoms with Gasteiger partial charge in [-0.05, 0) is 17.7 Å². The lowest BCUT2D eigenvalue weighted by molar-refractivity contribution is -0.386. The Kier molecular flexibility index (Phi) is 6.47. The number of benzene rings is 2. The van der Waals surface area contributed by atoms with E-state index in [1.165, 1.54) is 18.2 Å². The van der Waals surface area contributed by atoms with Crippen molar-refractivity contribution in [1.82, 2.24) is 0 Å². The first kappa shape index (κ1) is 22.8. The summed E-state index contributed by atoms with van der Waals surface area (Å²) in [6.07, 6.45) is -3.77. The first-order valence-corrected chi connectivity index (χ1v) is 9.20. The molecule has 0 atom stereocenters. The van der Waals surface area contributed by atoms with Crippen molar-refractivity contribution in [2.45, 2.75) is 11.1 Å². The minimum Gasteiger partial charge on any atom is -0.475 e. The SMILES string of the molecule is C=Cc1ccc(OC(=O)COc2cc(C(F)(F)F)c(S(=O)(=O)O)cc2[N+](=O)[O-])cc1. The molecule has 0 aliphatic heterocycles. The van der Waals surface area contributed by atoms with Crippen LogP contribution >= 0.6 is 0 Å². The molecule has 13 heteroatoms. The molecular formula is C17H12F3NO8S. The molecule has 30 heavy (non-hydrogen) atoms. The average Bonchev–Trinajstić information content (AvgIpc) is 2.64. The number of alkyl halides is 3. The molecule has 0 fully saturated rings. The van der Waals surface area contributed by atoms with E-state index in [0.717, 1.165) is 5.56 Å². The summed E-state index contributed by atoms with van der Waals surface area (Å²) in [7, 11) is -5.45. The van der Waals surface area contributed by atoms with Crippen LogP contribution in [0, 0.1) is 10.1 Å². The van der Waals surface area contributed by atoms with E-state index >= 15 is 0 Å². The van der Waals surface area contributed by atoms with Crippen molar-refractivity contribution < 1.29 is 45.3 Å². The van der Waals surface area contributed by atoms with Crippen LogP contribution in [0.4, 0.5) is 18.9 Å². The van der Waals surface area contributed by atoms with Gasteiger partial charge in [0.2, 0.25) is 0 Å². The van der Waals surface area contributed by atoms with Crippen LogP contribution in [-0.4, -0.2) is 30.5 Å². The highest BCUT2D eigenvalue weighted by atomic mass is 32.2. The Hall–Kier alpha value is -3.45. The van der Waals surface area contributed by atoms with Crippen molar-refractivity contribution in [3.8, 4) is 11.5 Å². The van der Waals surface area contributed by atoms with E-state index in [4.69, 9.17) is 14.0 Å². The van der Waals surface area contributed by atoms with Crippen molar-refractivity contribution in [2.75, 3.05) is 6.61 Å². The van der Waals surface area contributed by atoms with Crippen molar-refractivity contribution in [3.05, 3.63) is 64.2 Å². The molecule has 0 radical (unpaired) electrons. The summed E-state index contributed by atoms with van der Waals surface area (Å²) in [6, 6.07) is 5.93. The highest BCUT2D eigenvalue weighted by Crippen LogP contribution is 2.40. The smallest absolute Gasteiger partial charge is 0.417 e. The van der Waals surface area contributed by atoms with Gasteiger partial charge in [-0.15, -0.1) is 0 Å². The molecule has 0 aliphatic carbocycles. The number of esters is 1. The minimum atomic E-state index is -5.45. The third-order valence-corrected chi connectivity index (χ3v) is 4.43. The van der Waals surface area contributed by atoms with Gasteiger partial charge < -0.3 is 9.47 Å². The number of ether oxygens (including phenoxy) is 2. The van der Waals surface area contributed by atoms with Gasteiger partial charge in [-0.1, -0.05) is 24.8 Å². The van der Waals surface area contributed by atoms with Crippen LogP contribution < -0.4 is 9.47 Å². The number of carbonyl (C=O) groups excluding carboxylic acids is 1. The lowest BCUT2D eigenvalue weighted by atomic mass is 10.2. The Bertz CT molecular complexity index is 1100. The predicted molar refractivity (Wildman–Crippen MR) is 95.6 cm³/mol. The summed E-state index contributed by atoms with van der Waals surface area (Å²) in [5.74, 6) is -2.07. The van der Waals surface area contributed by atoms with E-state index in [1.807, 2.05) is 0 Å². The molecule has 2 rings (SSSR count). The number of hydrogen-bond donors (Lipinski definition) is 1. The number of halogens is 3. The summed E-state index contributed by atoms with van der Waals surface area (Å²) < 4.78 is 80.5. The van der Waals surface area contributed by atoms with Gasteiger partial charge in [-0.2, -0.15) is 21.6 Å². The van der Waals surface area contributed by atoms with E-state index in [2.05, 4.69) is 6.58 Å². The topological polar surface area (TPSA) is 133 Å². The molecule has 2 aromatic carbocycles. The van der Waals surface area contributed by atoms with Crippen molar-refractivity contribution in [1.29, 1.82) is 0 Å². The average molecular weight is 447 g/mol. The molecule has 0 amide bonds. The molecule has 1 N–H and O–H groups in total. The summed E-state index contributed by atoms with van der Waals surface area (Å²) >= 11 is 0. The Labute approximate surface area is 167 Å². The lowest BCUT2D eigenvalue weighted by Crippen LogP contribution is -2.19. The molecule has 0 saturated carbocycles. The number of hydrogen-bond acceptors (Lipinski definition) is 7. The first-order chi connectivity index (χ1) is 13.8. The number of rotatable bonds is 7. The molecular weight excluding hydrogens is 435 g/mol. The van der Waals surface area contributed by atoms with E-state index in [0.29, 0.717) is 0 Å². The normalized spacial score (nSPS) is 11.6. The summed E-state index contributed by atoms with van der Waals surface area (Å²) in [4.78, 5) is 20.0. The van der Waals surface area contributed by atoms with Crippen molar-refractivity contribution in [3.63, 3.8) is 0 Å². The van der Waals surface area contributed by atoms with E-state index in [-0.39, 0.29) is 17.9 Å². The standard InChI is InChI=1S/C17H12F3NO8S/c1-2-10-3-5-11(6-4-10)29-16(22)9-28-14-7-12(17(18,19)20)15(30(25,26)27)8-13(14)21(23)24/h2-8H,1,9H2,(H,25,26,27). The highest BCUT2D eigenvalue weighted by molar-refractivity contribution is 7.85. The molecule has 160 valence electrons. The number of nitro groups is 1. The molecule has 0 spiro atoms. The third kappa shape index (κ3) is 5.55. The Morgan fingerprint density at radius 2 is 1.83 bits per heavy atom. The quantitative estimate of drug-likeness (QED) is 0.224. The molecule has 2 aromatic rings. The molecule has 0 bridgehead atoms. The van der Waals surface area contributed by atoms with Crippen LogP contribution in [0.25, 0.3) is 6.08 Å². The maximum absolute atomic E-state index is 13.1. The first-order valence-electron chi connectivity index (χ1n) is 7.76. The fourth-order valence-electron chi connectivity index (χ4n) is 2.21. The Morgan fingerprint density at radius 3 is 2.30 bits per heavy atom. The maximum atomic E-state index is 13.1. The summed E-state index contributed by atoms with van der Waals surface area (Å²) in [6.45, 7) is 2.52. The number of carbonyl (C=O) groups is 1. The van der Waals surface area contributed by atoms with Crippen LogP contribution in [0.5, 0.6) is 11.5 Å². The highest BCUT2D eigenvalue weighted by Gasteiger charge is 2.40. The fourth-order valence-corrected chi connectivity index (χ4v) is 2.93. The zero-order valence-electron chi connectivity index (χ0n) is 14.7. The molecule has 0 saturated heterocycles. The van der Waals surface area contributed by atoms with Crippen LogP contribution in [0.1, 0.15) is 11.1 Å². The molecule has 0 unspecified atom stereocenters. The van der Waals surface area contributed by atoms with Gasteiger partial charge in [0.25, 0.3) is 10.1 Å². The van der Waals surface area contributed by atoms with Gasteiger partial charge in [0.1, 0.15) is 10.6 Å². The van der Waals surface area contributed by atoms with Gasteiger partial charge in [0, 0.05) is 12.1 Å². The second kappa shape index (κ2) is 8.51. The van der Waals surface area contributed by atoms with Gasteiger partial charge in [-0.3, -0.25) is 14.7 Å². The zero-order valence-corrected chi connectivity index (χ0v) is 15.6. The fraction of sp³-hybridized carbons (Fsp3) is 0.118. The van der Waals surface area contributed by atoms with Crippen molar-refractivity contribution >= 4 is 27.9 Å². The van der Waals surface area contributed by atoms with Gasteiger partial charge in [0.15, 0.2) is 12.4 Å². The lowest BCUT2D eigenvalue weighted by Gasteiger charge is -2.14. The summed E-state index contributed by atoms with van der Waals surface area (Å²) in [5, 5.41) is 11.1. The van der Waals surface area contributed by atoms with E-state index < -0.39 is 55.7 Å². The van der Waals surface area contributed by atoms with Crippen LogP contribution in [0.2, 0.25) is 0 Å². The minimum absolute atomic E-state index is 0.00711. The third-order valence-electron chi connectivity index (χ3n) is 3.53. The zero-order chi connectivity index (χ0) is 22.7. The molecule has 0 aromatic heterocycles. The van der Waals surface area contributed by atoms with Crippen molar-refractivity contribution in [2.24, 2.45) is 0 Å². The maximum Gasteiger partial charge on any atom is 0.417 e. The number of nitrogens with zero attached hydrogens (tertiary/aromatic N) is 1. The molecule has 0 heterocycles. The second-order valence-electron chi connectivity index (χ2n) is 5.58. The van der Waals surface area contributed by atoms with Crippen LogP contribution in [-0.2, 0) is 21.1 Å². The van der Waals surface area contributed by atoms with E-state index in [9.17, 15) is 36.5 Å². The monoisotopic (exact) mass is 447 g/mol. The Balaban J connectivity index is 2.32. The van der Waals surface area contributed by atoms with E-state index in [1.54, 1.807) is 12.1 Å². The van der Waals surface area contributed by atoms with Gasteiger partial charge >= 0.3 is 17.8 Å².